The highest BCUT2D eigenvalue weighted by Gasteiger charge is 2.31. The molecule has 20 heavy (non-hydrogen) atoms. The molecule has 1 unspecified atom stereocenters. The first kappa shape index (κ1) is 15.5. The summed E-state index contributed by atoms with van der Waals surface area (Å²) < 4.78 is 0.346. The first-order valence-electron chi connectivity index (χ1n) is 7.37. The third kappa shape index (κ3) is 3.61. The maximum absolute atomic E-state index is 9.91. The maximum atomic E-state index is 9.91. The van der Waals surface area contributed by atoms with Crippen molar-refractivity contribution in [3.05, 3.63) is 23.8 Å². The van der Waals surface area contributed by atoms with Crippen LogP contribution in [0.5, 0.6) is 11.5 Å². The van der Waals surface area contributed by atoms with Gasteiger partial charge in [0.05, 0.1) is 0 Å². The van der Waals surface area contributed by atoms with Crippen LogP contribution in [0, 0.1) is 0 Å². The van der Waals surface area contributed by atoms with E-state index >= 15 is 0 Å². The zero-order chi connectivity index (χ0) is 14.6. The molecule has 0 aromatic heterocycles. The molecule has 1 atom stereocenters. The number of thioether (sulfide) groups is 1. The van der Waals surface area contributed by atoms with E-state index in [-0.39, 0.29) is 17.5 Å². The van der Waals surface area contributed by atoms with Crippen LogP contribution in [0.4, 0.5) is 0 Å². The minimum Gasteiger partial charge on any atom is -0.508 e. The van der Waals surface area contributed by atoms with Gasteiger partial charge in [0, 0.05) is 29.0 Å². The molecule has 0 heterocycles. The zero-order valence-electron chi connectivity index (χ0n) is 12.4. The van der Waals surface area contributed by atoms with Crippen LogP contribution in [-0.2, 0) is 0 Å². The fourth-order valence-corrected chi connectivity index (χ4v) is 3.92. The van der Waals surface area contributed by atoms with Crippen molar-refractivity contribution in [1.82, 2.24) is 5.32 Å². The van der Waals surface area contributed by atoms with Gasteiger partial charge in [0.25, 0.3) is 0 Å². The van der Waals surface area contributed by atoms with Gasteiger partial charge in [-0.25, -0.2) is 0 Å². The summed E-state index contributed by atoms with van der Waals surface area (Å²) in [5.74, 6) is 0.262. The topological polar surface area (TPSA) is 52.5 Å². The van der Waals surface area contributed by atoms with Crippen molar-refractivity contribution < 1.29 is 10.2 Å². The van der Waals surface area contributed by atoms with Crippen molar-refractivity contribution in [2.75, 3.05) is 12.8 Å². The molecule has 1 aliphatic rings. The van der Waals surface area contributed by atoms with Crippen LogP contribution in [0.15, 0.2) is 18.2 Å². The minimum atomic E-state index is 0.0848. The maximum Gasteiger partial charge on any atom is 0.124 e. The Bertz CT molecular complexity index is 444. The standard InChI is InChI=1S/C16H25NO2S/c1-12(14-7-6-13(18)10-15(14)19)17-11-16(20-2)8-4-3-5-9-16/h6-7,10,12,17-19H,3-5,8-9,11H2,1-2H3. The lowest BCUT2D eigenvalue weighted by Crippen LogP contribution is -2.40. The molecular formula is C16H25NO2S. The van der Waals surface area contributed by atoms with E-state index in [9.17, 15) is 10.2 Å². The Morgan fingerprint density at radius 3 is 2.55 bits per heavy atom. The molecule has 0 saturated heterocycles. The van der Waals surface area contributed by atoms with Gasteiger partial charge in [-0.2, -0.15) is 11.8 Å². The van der Waals surface area contributed by atoms with Gasteiger partial charge in [0.2, 0.25) is 0 Å². The number of hydrogen-bond donors (Lipinski definition) is 3. The Hall–Kier alpha value is -0.870. The predicted octanol–water partition coefficient (Wildman–Crippen LogP) is 3.81. The van der Waals surface area contributed by atoms with E-state index in [1.165, 1.54) is 38.2 Å². The highest BCUT2D eigenvalue weighted by Crippen LogP contribution is 2.38. The van der Waals surface area contributed by atoms with E-state index in [2.05, 4.69) is 18.5 Å². The van der Waals surface area contributed by atoms with E-state index in [4.69, 9.17) is 0 Å². The SMILES string of the molecule is CSC1(CNC(C)c2ccc(O)cc2O)CCCCC1. The molecule has 3 N–H and O–H groups in total. The smallest absolute Gasteiger partial charge is 0.124 e. The second-order valence-corrected chi connectivity index (χ2v) is 7.07. The average Bonchev–Trinajstić information content (AvgIpc) is 2.46. The number of phenols is 2. The van der Waals surface area contributed by atoms with E-state index in [1.807, 2.05) is 11.8 Å². The van der Waals surface area contributed by atoms with Gasteiger partial charge in [0.1, 0.15) is 11.5 Å². The van der Waals surface area contributed by atoms with E-state index in [0.29, 0.717) is 4.75 Å². The van der Waals surface area contributed by atoms with E-state index in [0.717, 1.165) is 12.1 Å². The number of aromatic hydroxyl groups is 2. The summed E-state index contributed by atoms with van der Waals surface area (Å²) in [6.45, 7) is 3.03. The molecule has 0 bridgehead atoms. The molecule has 1 saturated carbocycles. The highest BCUT2D eigenvalue weighted by molar-refractivity contribution is 8.00. The second kappa shape index (κ2) is 6.72. The molecule has 1 aliphatic carbocycles. The summed E-state index contributed by atoms with van der Waals surface area (Å²) in [4.78, 5) is 0. The molecule has 1 fully saturated rings. The minimum absolute atomic E-state index is 0.0848. The summed E-state index contributed by atoms with van der Waals surface area (Å²) in [5.41, 5.74) is 0.842. The normalized spacial score (nSPS) is 19.7. The summed E-state index contributed by atoms with van der Waals surface area (Å²) in [6.07, 6.45) is 8.75. The number of hydrogen-bond acceptors (Lipinski definition) is 4. The van der Waals surface area contributed by atoms with Crippen LogP contribution in [0.2, 0.25) is 0 Å². The van der Waals surface area contributed by atoms with Crippen LogP contribution < -0.4 is 5.32 Å². The number of nitrogens with one attached hydrogen (secondary N) is 1. The lowest BCUT2D eigenvalue weighted by molar-refractivity contribution is 0.363. The predicted molar refractivity (Wildman–Crippen MR) is 85.5 cm³/mol. The Morgan fingerprint density at radius 2 is 1.95 bits per heavy atom. The van der Waals surface area contributed by atoms with E-state index < -0.39 is 0 Å². The third-order valence-electron chi connectivity index (χ3n) is 4.41. The van der Waals surface area contributed by atoms with Crippen molar-refractivity contribution in [1.29, 1.82) is 0 Å². The second-order valence-electron chi connectivity index (χ2n) is 5.79. The van der Waals surface area contributed by atoms with Gasteiger partial charge in [-0.3, -0.25) is 0 Å². The van der Waals surface area contributed by atoms with Crippen molar-refractivity contribution in [3.8, 4) is 11.5 Å². The van der Waals surface area contributed by atoms with Gasteiger partial charge in [0.15, 0.2) is 0 Å². The first-order valence-corrected chi connectivity index (χ1v) is 8.59. The van der Waals surface area contributed by atoms with Crippen molar-refractivity contribution in [3.63, 3.8) is 0 Å². The Labute approximate surface area is 125 Å². The van der Waals surface area contributed by atoms with Crippen LogP contribution in [0.1, 0.15) is 50.6 Å². The van der Waals surface area contributed by atoms with Crippen molar-refractivity contribution in [2.24, 2.45) is 0 Å². The third-order valence-corrected chi connectivity index (χ3v) is 5.83. The molecule has 0 spiro atoms. The quantitative estimate of drug-likeness (QED) is 0.773. The van der Waals surface area contributed by atoms with E-state index in [1.54, 1.807) is 12.1 Å². The van der Waals surface area contributed by atoms with Gasteiger partial charge >= 0.3 is 0 Å². The van der Waals surface area contributed by atoms with Crippen molar-refractivity contribution >= 4 is 11.8 Å². The zero-order valence-corrected chi connectivity index (χ0v) is 13.2. The molecule has 1 aromatic rings. The average molecular weight is 295 g/mol. The highest BCUT2D eigenvalue weighted by atomic mass is 32.2. The van der Waals surface area contributed by atoms with Gasteiger partial charge < -0.3 is 15.5 Å². The van der Waals surface area contributed by atoms with Crippen molar-refractivity contribution in [2.45, 2.75) is 49.8 Å². The summed E-state index contributed by atoms with van der Waals surface area (Å²) >= 11 is 1.97. The lowest BCUT2D eigenvalue weighted by atomic mass is 9.88. The van der Waals surface area contributed by atoms with Gasteiger partial charge in [-0.1, -0.05) is 25.3 Å². The summed E-state index contributed by atoms with van der Waals surface area (Å²) in [6, 6.07) is 4.90. The summed E-state index contributed by atoms with van der Waals surface area (Å²) in [7, 11) is 0. The molecular weight excluding hydrogens is 270 g/mol. The molecule has 1 aromatic carbocycles. The number of rotatable bonds is 5. The fraction of sp³-hybridized carbons (Fsp3) is 0.625. The first-order chi connectivity index (χ1) is 9.56. The molecule has 0 radical (unpaired) electrons. The number of benzene rings is 1. The van der Waals surface area contributed by atoms with Crippen LogP contribution >= 0.6 is 11.8 Å². The Kier molecular flexibility index (Phi) is 5.22. The Balaban J connectivity index is 1.98. The van der Waals surface area contributed by atoms with Crippen LogP contribution in [0.25, 0.3) is 0 Å². The fourth-order valence-electron chi connectivity index (χ4n) is 3.00. The summed E-state index contributed by atoms with van der Waals surface area (Å²) in [5, 5.41) is 22.8. The monoisotopic (exact) mass is 295 g/mol. The molecule has 0 aliphatic heterocycles. The van der Waals surface area contributed by atoms with Gasteiger partial charge in [-0.15, -0.1) is 0 Å². The molecule has 3 nitrogen and oxygen atoms in total. The molecule has 0 amide bonds. The van der Waals surface area contributed by atoms with Crippen LogP contribution in [0.3, 0.4) is 0 Å². The molecule has 112 valence electrons. The Morgan fingerprint density at radius 1 is 1.25 bits per heavy atom. The number of phenolic OH excluding ortho intramolecular Hbond substituents is 2. The van der Waals surface area contributed by atoms with Crippen LogP contribution in [-0.4, -0.2) is 27.8 Å². The molecule has 2 rings (SSSR count). The van der Waals surface area contributed by atoms with Gasteiger partial charge in [-0.05, 0) is 32.1 Å². The molecule has 4 heteroatoms. The largest absolute Gasteiger partial charge is 0.508 e. The lowest BCUT2D eigenvalue weighted by Gasteiger charge is -2.37.